The van der Waals surface area contributed by atoms with Crippen LogP contribution in [0, 0.1) is 11.8 Å². The number of nitrogens with one attached hydrogen (secondary N) is 1. The lowest BCUT2D eigenvalue weighted by molar-refractivity contribution is -0.129. The largest absolute Gasteiger partial charge is 0.361 e. The van der Waals surface area contributed by atoms with Crippen LogP contribution in [0.2, 0.25) is 0 Å². The van der Waals surface area contributed by atoms with Crippen molar-refractivity contribution in [3.8, 4) is 0 Å². The van der Waals surface area contributed by atoms with Gasteiger partial charge in [-0.3, -0.25) is 4.79 Å². The standard InChI is InChI=1S/C17H21N3O.ClH/c18-15-6-5-11-9-20(10-14(11)15)17(21)7-12-8-19-16-4-2-1-3-13(12)16;/h1-4,8,11,14-15,19H,5-7,9-10,18H2;1H. The number of aromatic nitrogens is 1. The van der Waals surface area contributed by atoms with Crippen LogP contribution in [0.1, 0.15) is 18.4 Å². The van der Waals surface area contributed by atoms with Gasteiger partial charge in [-0.25, -0.2) is 0 Å². The minimum Gasteiger partial charge on any atom is -0.361 e. The number of aromatic amines is 1. The van der Waals surface area contributed by atoms with E-state index in [9.17, 15) is 4.79 Å². The summed E-state index contributed by atoms with van der Waals surface area (Å²) in [6.07, 6.45) is 4.76. The quantitative estimate of drug-likeness (QED) is 0.892. The molecule has 0 bridgehead atoms. The highest BCUT2D eigenvalue weighted by atomic mass is 35.5. The molecular formula is C17H22ClN3O. The Bertz CT molecular complexity index is 683. The van der Waals surface area contributed by atoms with Crippen LogP contribution in [0.15, 0.2) is 30.5 Å². The molecule has 1 saturated heterocycles. The lowest BCUT2D eigenvalue weighted by Crippen LogP contribution is -2.34. The highest BCUT2D eigenvalue weighted by Gasteiger charge is 2.42. The van der Waals surface area contributed by atoms with E-state index in [0.717, 1.165) is 36.0 Å². The predicted molar refractivity (Wildman–Crippen MR) is 90.0 cm³/mol. The summed E-state index contributed by atoms with van der Waals surface area (Å²) in [5.74, 6) is 1.39. The Hall–Kier alpha value is -1.52. The maximum Gasteiger partial charge on any atom is 0.227 e. The van der Waals surface area contributed by atoms with Gasteiger partial charge < -0.3 is 15.6 Å². The Morgan fingerprint density at radius 1 is 1.27 bits per heavy atom. The fraction of sp³-hybridized carbons (Fsp3) is 0.471. The second kappa shape index (κ2) is 5.94. The van der Waals surface area contributed by atoms with Gasteiger partial charge >= 0.3 is 0 Å². The number of benzene rings is 1. The summed E-state index contributed by atoms with van der Waals surface area (Å²) in [6.45, 7) is 1.76. The Labute approximate surface area is 136 Å². The third-order valence-electron chi connectivity index (χ3n) is 5.28. The van der Waals surface area contributed by atoms with Crippen LogP contribution in [-0.4, -0.2) is 34.9 Å². The highest BCUT2D eigenvalue weighted by Crippen LogP contribution is 2.37. The molecule has 1 aromatic carbocycles. The van der Waals surface area contributed by atoms with E-state index < -0.39 is 0 Å². The molecule has 1 aliphatic heterocycles. The first-order valence-corrected chi connectivity index (χ1v) is 7.80. The molecular weight excluding hydrogens is 298 g/mol. The number of carbonyl (C=O) groups is 1. The molecule has 4 nitrogen and oxygen atoms in total. The zero-order valence-corrected chi connectivity index (χ0v) is 13.3. The number of H-pyrrole nitrogens is 1. The fourth-order valence-corrected chi connectivity index (χ4v) is 4.06. The Balaban J connectivity index is 0.00000144. The van der Waals surface area contributed by atoms with Gasteiger partial charge in [0.1, 0.15) is 0 Å². The number of hydrogen-bond acceptors (Lipinski definition) is 2. The monoisotopic (exact) mass is 319 g/mol. The van der Waals surface area contributed by atoms with E-state index in [0.29, 0.717) is 24.3 Å². The van der Waals surface area contributed by atoms with Gasteiger partial charge in [-0.2, -0.15) is 0 Å². The molecule has 22 heavy (non-hydrogen) atoms. The first kappa shape index (κ1) is 15.4. The van der Waals surface area contributed by atoms with Crippen LogP contribution in [0.5, 0.6) is 0 Å². The van der Waals surface area contributed by atoms with Crippen LogP contribution in [0.4, 0.5) is 0 Å². The van der Waals surface area contributed by atoms with E-state index in [1.165, 1.54) is 6.42 Å². The number of likely N-dealkylation sites (tertiary alicyclic amines) is 1. The number of halogens is 1. The lowest BCUT2D eigenvalue weighted by atomic mass is 9.98. The van der Waals surface area contributed by atoms with Crippen LogP contribution >= 0.6 is 12.4 Å². The average molecular weight is 320 g/mol. The van der Waals surface area contributed by atoms with Crippen LogP contribution < -0.4 is 5.73 Å². The number of hydrogen-bond donors (Lipinski definition) is 2. The summed E-state index contributed by atoms with van der Waals surface area (Å²) in [6, 6.07) is 8.43. The number of nitrogens with zero attached hydrogens (tertiary/aromatic N) is 1. The smallest absolute Gasteiger partial charge is 0.227 e. The molecule has 3 N–H and O–H groups in total. The van der Waals surface area contributed by atoms with Crippen molar-refractivity contribution in [3.05, 3.63) is 36.0 Å². The number of rotatable bonds is 2. The summed E-state index contributed by atoms with van der Waals surface area (Å²) >= 11 is 0. The lowest BCUT2D eigenvalue weighted by Gasteiger charge is -2.18. The van der Waals surface area contributed by atoms with E-state index in [1.807, 2.05) is 29.3 Å². The van der Waals surface area contributed by atoms with Gasteiger partial charge in [0.2, 0.25) is 5.91 Å². The van der Waals surface area contributed by atoms with Crippen LogP contribution in [0.25, 0.3) is 10.9 Å². The van der Waals surface area contributed by atoms with Crippen LogP contribution in [-0.2, 0) is 11.2 Å². The summed E-state index contributed by atoms with van der Waals surface area (Å²) in [5.41, 5.74) is 8.34. The molecule has 2 fully saturated rings. The molecule has 4 rings (SSSR count). The van der Waals surface area contributed by atoms with Gasteiger partial charge in [0.25, 0.3) is 0 Å². The molecule has 2 heterocycles. The Morgan fingerprint density at radius 3 is 2.91 bits per heavy atom. The van der Waals surface area contributed by atoms with Crippen molar-refractivity contribution in [1.82, 2.24) is 9.88 Å². The van der Waals surface area contributed by atoms with E-state index in [-0.39, 0.29) is 18.3 Å². The molecule has 3 atom stereocenters. The van der Waals surface area contributed by atoms with Crippen molar-refractivity contribution >= 4 is 29.2 Å². The van der Waals surface area contributed by atoms with Gasteiger partial charge in [-0.15, -0.1) is 12.4 Å². The van der Waals surface area contributed by atoms with Crippen molar-refractivity contribution in [1.29, 1.82) is 0 Å². The molecule has 1 saturated carbocycles. The molecule has 0 radical (unpaired) electrons. The minimum absolute atomic E-state index is 0. The number of para-hydroxylation sites is 1. The van der Waals surface area contributed by atoms with Crippen molar-refractivity contribution in [2.75, 3.05) is 13.1 Å². The SMILES string of the molecule is Cl.NC1CCC2CN(C(=O)Cc3c[nH]c4ccccc34)CC12. The number of nitrogens with two attached hydrogens (primary N) is 1. The number of carbonyl (C=O) groups excluding carboxylic acids is 1. The molecule has 1 aromatic heterocycles. The molecule has 1 aliphatic carbocycles. The van der Waals surface area contributed by atoms with E-state index in [1.54, 1.807) is 0 Å². The van der Waals surface area contributed by atoms with Gasteiger partial charge in [0, 0.05) is 36.2 Å². The maximum absolute atomic E-state index is 12.6. The molecule has 2 aliphatic rings. The average Bonchev–Trinajstić information content (AvgIpc) is 3.16. The molecule has 1 amide bonds. The number of amides is 1. The van der Waals surface area contributed by atoms with Gasteiger partial charge in [0.05, 0.1) is 6.42 Å². The molecule has 0 spiro atoms. The second-order valence-electron chi connectivity index (χ2n) is 6.50. The second-order valence-corrected chi connectivity index (χ2v) is 6.50. The summed E-state index contributed by atoms with van der Waals surface area (Å²) in [7, 11) is 0. The summed E-state index contributed by atoms with van der Waals surface area (Å²) < 4.78 is 0. The highest BCUT2D eigenvalue weighted by molar-refractivity contribution is 5.89. The first-order chi connectivity index (χ1) is 10.2. The zero-order valence-electron chi connectivity index (χ0n) is 12.5. The summed E-state index contributed by atoms with van der Waals surface area (Å²) in [5, 5.41) is 1.15. The van der Waals surface area contributed by atoms with E-state index in [2.05, 4.69) is 11.1 Å². The normalized spacial score (nSPS) is 27.0. The van der Waals surface area contributed by atoms with Crippen molar-refractivity contribution in [2.24, 2.45) is 17.6 Å². The topological polar surface area (TPSA) is 62.1 Å². The molecule has 2 aromatic rings. The molecule has 3 unspecified atom stereocenters. The number of fused-ring (bicyclic) bond motifs is 2. The Kier molecular flexibility index (Phi) is 4.15. The van der Waals surface area contributed by atoms with Crippen LogP contribution in [0.3, 0.4) is 0 Å². The zero-order chi connectivity index (χ0) is 14.4. The summed E-state index contributed by atoms with van der Waals surface area (Å²) in [4.78, 5) is 17.8. The maximum atomic E-state index is 12.6. The van der Waals surface area contributed by atoms with Gasteiger partial charge in [-0.05, 0) is 36.3 Å². The third kappa shape index (κ3) is 2.50. The first-order valence-electron chi connectivity index (χ1n) is 7.80. The van der Waals surface area contributed by atoms with Gasteiger partial charge in [-0.1, -0.05) is 18.2 Å². The predicted octanol–water partition coefficient (Wildman–Crippen LogP) is 2.33. The molecule has 5 heteroatoms. The van der Waals surface area contributed by atoms with Crippen molar-refractivity contribution in [3.63, 3.8) is 0 Å². The third-order valence-corrected chi connectivity index (χ3v) is 5.28. The van der Waals surface area contributed by atoms with Gasteiger partial charge in [0.15, 0.2) is 0 Å². The van der Waals surface area contributed by atoms with Crippen molar-refractivity contribution < 1.29 is 4.79 Å². The fourth-order valence-electron chi connectivity index (χ4n) is 4.06. The van der Waals surface area contributed by atoms with Crippen molar-refractivity contribution in [2.45, 2.75) is 25.3 Å². The minimum atomic E-state index is 0. The van der Waals surface area contributed by atoms with E-state index in [4.69, 9.17) is 5.73 Å². The Morgan fingerprint density at radius 2 is 2.09 bits per heavy atom. The molecule has 118 valence electrons. The van der Waals surface area contributed by atoms with E-state index >= 15 is 0 Å².